The van der Waals surface area contributed by atoms with Crippen LogP contribution in [0.5, 0.6) is 0 Å². The predicted octanol–water partition coefficient (Wildman–Crippen LogP) is 2.35. The van der Waals surface area contributed by atoms with Crippen molar-refractivity contribution in [3.63, 3.8) is 0 Å². The van der Waals surface area contributed by atoms with Gasteiger partial charge in [0.15, 0.2) is 5.96 Å². The fourth-order valence-electron chi connectivity index (χ4n) is 2.48. The predicted molar refractivity (Wildman–Crippen MR) is 130 cm³/mol. The third-order valence-corrected chi connectivity index (χ3v) is 4.19. The number of benzene rings is 1. The second-order valence-electron chi connectivity index (χ2n) is 6.67. The molecule has 0 saturated carbocycles. The molecule has 2 aromatic rings. The normalized spacial score (nSPS) is 10.7. The lowest BCUT2D eigenvalue weighted by Crippen LogP contribution is -2.43. The van der Waals surface area contributed by atoms with E-state index >= 15 is 0 Å². The molecule has 0 saturated heterocycles. The van der Waals surface area contributed by atoms with Gasteiger partial charge in [-0.05, 0) is 30.7 Å². The number of aliphatic imine (C=N–C) groups is 1. The van der Waals surface area contributed by atoms with Crippen molar-refractivity contribution < 1.29 is 4.79 Å². The average Bonchev–Trinajstić information content (AvgIpc) is 2.73. The molecule has 0 spiro atoms. The summed E-state index contributed by atoms with van der Waals surface area (Å²) in [6, 6.07) is 16.0. The lowest BCUT2D eigenvalue weighted by Gasteiger charge is -2.20. The number of pyridine rings is 1. The summed E-state index contributed by atoms with van der Waals surface area (Å²) in [5.41, 5.74) is 2.08. The van der Waals surface area contributed by atoms with Crippen LogP contribution in [-0.4, -0.2) is 62.5 Å². The minimum Gasteiger partial charge on any atom is -0.375 e. The number of nitrogens with one attached hydrogen (secondary N) is 2. The third-order valence-electron chi connectivity index (χ3n) is 4.19. The summed E-state index contributed by atoms with van der Waals surface area (Å²) in [4.78, 5) is 24.5. The minimum absolute atomic E-state index is 0. The van der Waals surface area contributed by atoms with Crippen LogP contribution in [0.4, 0.5) is 5.69 Å². The van der Waals surface area contributed by atoms with Gasteiger partial charge in [-0.3, -0.25) is 9.78 Å². The maximum Gasteiger partial charge on any atom is 0.241 e. The highest BCUT2D eigenvalue weighted by molar-refractivity contribution is 14.0. The molecule has 0 aliphatic rings. The Balaban J connectivity index is 0.00000420. The quantitative estimate of drug-likeness (QED) is 0.235. The van der Waals surface area contributed by atoms with Gasteiger partial charge in [0.25, 0.3) is 0 Å². The van der Waals surface area contributed by atoms with Crippen molar-refractivity contribution in [2.45, 2.75) is 13.0 Å². The zero-order chi connectivity index (χ0) is 20.2. The van der Waals surface area contributed by atoms with E-state index < -0.39 is 0 Å². The van der Waals surface area contributed by atoms with E-state index in [1.165, 1.54) is 5.69 Å². The van der Waals surface area contributed by atoms with Gasteiger partial charge in [0.2, 0.25) is 5.91 Å². The molecule has 1 heterocycles. The second kappa shape index (κ2) is 13.8. The molecular weight excluding hydrogens is 479 g/mol. The molecular formula is C21H31IN6O. The SMILES string of the molecule is CN(C)C(=O)CNC(=NCc1ccccn1)NCCCN(C)c1ccccc1.I. The molecule has 1 aromatic carbocycles. The van der Waals surface area contributed by atoms with Crippen molar-refractivity contribution in [2.24, 2.45) is 4.99 Å². The van der Waals surface area contributed by atoms with Crippen molar-refractivity contribution in [1.82, 2.24) is 20.5 Å². The Morgan fingerprint density at radius 1 is 1.03 bits per heavy atom. The number of likely N-dealkylation sites (N-methyl/N-ethyl adjacent to an activating group) is 1. The van der Waals surface area contributed by atoms with E-state index in [1.54, 1.807) is 25.2 Å². The number of para-hydroxylation sites is 1. The van der Waals surface area contributed by atoms with Crippen LogP contribution in [-0.2, 0) is 11.3 Å². The molecule has 0 unspecified atom stereocenters. The highest BCUT2D eigenvalue weighted by Crippen LogP contribution is 2.10. The first kappa shape index (κ1) is 24.7. The van der Waals surface area contributed by atoms with E-state index in [0.29, 0.717) is 12.5 Å². The summed E-state index contributed by atoms with van der Waals surface area (Å²) < 4.78 is 0. The molecule has 1 amide bonds. The van der Waals surface area contributed by atoms with Crippen molar-refractivity contribution >= 4 is 41.5 Å². The van der Waals surface area contributed by atoms with Gasteiger partial charge in [0, 0.05) is 46.1 Å². The smallest absolute Gasteiger partial charge is 0.241 e. The van der Waals surface area contributed by atoms with Crippen LogP contribution in [0.2, 0.25) is 0 Å². The van der Waals surface area contributed by atoms with Crippen molar-refractivity contribution in [3.8, 4) is 0 Å². The number of nitrogens with zero attached hydrogens (tertiary/aromatic N) is 4. The Labute approximate surface area is 190 Å². The van der Waals surface area contributed by atoms with Crippen LogP contribution in [0.25, 0.3) is 0 Å². The van der Waals surface area contributed by atoms with E-state index in [-0.39, 0.29) is 36.4 Å². The van der Waals surface area contributed by atoms with Crippen LogP contribution in [0.1, 0.15) is 12.1 Å². The number of carbonyl (C=O) groups excluding carboxylic acids is 1. The monoisotopic (exact) mass is 510 g/mol. The molecule has 0 radical (unpaired) electrons. The van der Waals surface area contributed by atoms with E-state index in [4.69, 9.17) is 0 Å². The van der Waals surface area contributed by atoms with Crippen LogP contribution in [0.15, 0.2) is 59.7 Å². The average molecular weight is 510 g/mol. The molecule has 0 fully saturated rings. The number of halogens is 1. The number of amides is 1. The van der Waals surface area contributed by atoms with E-state index in [9.17, 15) is 4.79 Å². The number of hydrogen-bond donors (Lipinski definition) is 2. The molecule has 29 heavy (non-hydrogen) atoms. The molecule has 1 aromatic heterocycles. The van der Waals surface area contributed by atoms with E-state index in [0.717, 1.165) is 25.2 Å². The lowest BCUT2D eigenvalue weighted by atomic mass is 10.3. The Morgan fingerprint density at radius 2 is 1.76 bits per heavy atom. The zero-order valence-corrected chi connectivity index (χ0v) is 19.7. The molecule has 8 heteroatoms. The zero-order valence-electron chi connectivity index (χ0n) is 17.3. The Bertz CT molecular complexity index is 739. The first-order valence-electron chi connectivity index (χ1n) is 9.44. The number of guanidine groups is 1. The Kier molecular flexibility index (Phi) is 11.7. The van der Waals surface area contributed by atoms with Crippen LogP contribution < -0.4 is 15.5 Å². The van der Waals surface area contributed by atoms with Crippen LogP contribution in [0, 0.1) is 0 Å². The van der Waals surface area contributed by atoms with E-state index in [2.05, 4.69) is 44.7 Å². The maximum atomic E-state index is 11.9. The molecule has 0 aliphatic heterocycles. The van der Waals surface area contributed by atoms with Crippen molar-refractivity contribution in [1.29, 1.82) is 0 Å². The van der Waals surface area contributed by atoms with Gasteiger partial charge in [-0.25, -0.2) is 4.99 Å². The Hall–Kier alpha value is -2.36. The van der Waals surface area contributed by atoms with Gasteiger partial charge in [0.05, 0.1) is 18.8 Å². The van der Waals surface area contributed by atoms with Gasteiger partial charge >= 0.3 is 0 Å². The van der Waals surface area contributed by atoms with Gasteiger partial charge < -0.3 is 20.4 Å². The summed E-state index contributed by atoms with van der Waals surface area (Å²) >= 11 is 0. The molecule has 158 valence electrons. The van der Waals surface area contributed by atoms with E-state index in [1.807, 2.05) is 36.4 Å². The summed E-state index contributed by atoms with van der Waals surface area (Å²) in [5, 5.41) is 6.40. The minimum atomic E-state index is -0.00357. The topological polar surface area (TPSA) is 72.9 Å². The van der Waals surface area contributed by atoms with Crippen LogP contribution >= 0.6 is 24.0 Å². The summed E-state index contributed by atoms with van der Waals surface area (Å²) in [5.74, 6) is 0.611. The van der Waals surface area contributed by atoms with Crippen molar-refractivity contribution in [3.05, 3.63) is 60.4 Å². The lowest BCUT2D eigenvalue weighted by molar-refractivity contribution is -0.127. The Morgan fingerprint density at radius 3 is 2.41 bits per heavy atom. The number of carbonyl (C=O) groups is 1. The second-order valence-corrected chi connectivity index (χ2v) is 6.67. The van der Waals surface area contributed by atoms with Gasteiger partial charge in [-0.2, -0.15) is 0 Å². The molecule has 0 atom stereocenters. The fourth-order valence-corrected chi connectivity index (χ4v) is 2.48. The molecule has 2 N–H and O–H groups in total. The van der Waals surface area contributed by atoms with Crippen LogP contribution in [0.3, 0.4) is 0 Å². The first-order valence-corrected chi connectivity index (χ1v) is 9.44. The number of hydrogen-bond acceptors (Lipinski definition) is 4. The summed E-state index contributed by atoms with van der Waals surface area (Å²) in [6.07, 6.45) is 2.69. The molecule has 7 nitrogen and oxygen atoms in total. The highest BCUT2D eigenvalue weighted by Gasteiger charge is 2.06. The van der Waals surface area contributed by atoms with Gasteiger partial charge in [-0.15, -0.1) is 24.0 Å². The number of aromatic nitrogens is 1. The molecule has 0 aliphatic carbocycles. The highest BCUT2D eigenvalue weighted by atomic mass is 127. The summed E-state index contributed by atoms with van der Waals surface area (Å²) in [6.45, 7) is 2.32. The largest absolute Gasteiger partial charge is 0.375 e. The van der Waals surface area contributed by atoms with Gasteiger partial charge in [0.1, 0.15) is 0 Å². The number of anilines is 1. The van der Waals surface area contributed by atoms with Crippen molar-refractivity contribution in [2.75, 3.05) is 45.7 Å². The third kappa shape index (κ3) is 9.60. The molecule has 2 rings (SSSR count). The maximum absolute atomic E-state index is 11.9. The standard InChI is InChI=1S/C21H30N6O.HI/c1-26(2)20(28)17-25-21(24-16-18-10-7-8-13-22-18)23-14-9-15-27(3)19-11-5-4-6-12-19;/h4-8,10-13H,9,14-17H2,1-3H3,(H2,23,24,25);1H. The number of rotatable bonds is 9. The molecule has 0 bridgehead atoms. The fraction of sp³-hybridized carbons (Fsp3) is 0.381. The summed E-state index contributed by atoms with van der Waals surface area (Å²) in [7, 11) is 5.56. The first-order chi connectivity index (χ1) is 13.6. The van der Waals surface area contributed by atoms with Gasteiger partial charge in [-0.1, -0.05) is 24.3 Å².